The maximum absolute atomic E-state index is 11.4. The van der Waals surface area contributed by atoms with E-state index < -0.39 is 0 Å². The van der Waals surface area contributed by atoms with E-state index in [0.29, 0.717) is 18.3 Å². The molecule has 0 aliphatic carbocycles. The minimum absolute atomic E-state index is 0.0750. The van der Waals surface area contributed by atoms with E-state index in [1.807, 2.05) is 24.8 Å². The number of carbonyl (C=O) groups is 2. The van der Waals surface area contributed by atoms with Crippen molar-refractivity contribution in [2.45, 2.75) is 32.9 Å². The number of rotatable bonds is 5. The Morgan fingerprint density at radius 1 is 1.05 bits per heavy atom. The minimum atomic E-state index is 0.0750. The van der Waals surface area contributed by atoms with Gasteiger partial charge in [-0.05, 0) is 25.1 Å². The molecular formula is C29H38N6O4. The van der Waals surface area contributed by atoms with Gasteiger partial charge < -0.3 is 19.1 Å². The molecule has 10 nitrogen and oxygen atoms in total. The molecule has 0 saturated carbocycles. The molecule has 2 saturated heterocycles. The maximum Gasteiger partial charge on any atom is 0.240 e. The summed E-state index contributed by atoms with van der Waals surface area (Å²) in [6.45, 7) is 10.2. The molecule has 3 aromatic rings. The molecule has 2 aromatic carbocycles. The van der Waals surface area contributed by atoms with E-state index in [0.717, 1.165) is 44.9 Å². The van der Waals surface area contributed by atoms with Crippen LogP contribution in [0.1, 0.15) is 36.7 Å². The second-order valence-electron chi connectivity index (χ2n) is 9.54. The van der Waals surface area contributed by atoms with Crippen molar-refractivity contribution >= 4 is 18.4 Å². The van der Waals surface area contributed by atoms with Crippen molar-refractivity contribution in [3.05, 3.63) is 71.9 Å². The van der Waals surface area contributed by atoms with E-state index in [4.69, 9.17) is 14.2 Å². The van der Waals surface area contributed by atoms with Gasteiger partial charge in [-0.25, -0.2) is 0 Å². The topological polar surface area (TPSA) is 104 Å². The van der Waals surface area contributed by atoms with Gasteiger partial charge in [-0.3, -0.25) is 14.6 Å². The number of nitrogens with zero attached hydrogens (tertiary/aromatic N) is 6. The zero-order chi connectivity index (χ0) is 28.2. The fourth-order valence-corrected chi connectivity index (χ4v) is 4.58. The van der Waals surface area contributed by atoms with Gasteiger partial charge in [-0.2, -0.15) is 4.98 Å². The summed E-state index contributed by atoms with van der Waals surface area (Å²) in [6, 6.07) is 19.1. The zero-order valence-corrected chi connectivity index (χ0v) is 23.2. The molecule has 5 rings (SSSR count). The van der Waals surface area contributed by atoms with Gasteiger partial charge in [0.1, 0.15) is 13.9 Å². The van der Waals surface area contributed by atoms with Gasteiger partial charge in [-0.1, -0.05) is 70.5 Å². The Labute approximate surface area is 230 Å². The Morgan fingerprint density at radius 2 is 1.69 bits per heavy atom. The van der Waals surface area contributed by atoms with Gasteiger partial charge in [0, 0.05) is 46.1 Å². The molecule has 1 atom stereocenters. The number of piperazine rings is 1. The van der Waals surface area contributed by atoms with Crippen LogP contribution < -0.4 is 0 Å². The Hall–Kier alpha value is -3.89. The first-order chi connectivity index (χ1) is 18.9. The van der Waals surface area contributed by atoms with Crippen molar-refractivity contribution in [1.29, 1.82) is 0 Å². The summed E-state index contributed by atoms with van der Waals surface area (Å²) in [5, 5.41) is 8.16. The molecule has 1 unspecified atom stereocenters. The summed E-state index contributed by atoms with van der Waals surface area (Å²) in [5.74, 6) is 1.44. The molecule has 2 aliphatic heterocycles. The van der Waals surface area contributed by atoms with Crippen LogP contribution in [0, 0.1) is 6.92 Å². The second-order valence-corrected chi connectivity index (χ2v) is 9.54. The lowest BCUT2D eigenvalue weighted by Gasteiger charge is -2.33. The Morgan fingerprint density at radius 3 is 2.31 bits per heavy atom. The summed E-state index contributed by atoms with van der Waals surface area (Å²) in [4.78, 5) is 35.0. The van der Waals surface area contributed by atoms with Crippen LogP contribution in [0.3, 0.4) is 0 Å². The third-order valence-corrected chi connectivity index (χ3v) is 6.73. The first kappa shape index (κ1) is 29.7. The van der Waals surface area contributed by atoms with E-state index in [1.54, 1.807) is 14.0 Å². The van der Waals surface area contributed by atoms with Gasteiger partial charge in [0.2, 0.25) is 11.8 Å². The van der Waals surface area contributed by atoms with Crippen LogP contribution in [-0.2, 0) is 21.0 Å². The monoisotopic (exact) mass is 534 g/mol. The fraction of sp³-hybridized carbons (Fsp3) is 0.414. The average molecular weight is 535 g/mol. The lowest BCUT2D eigenvalue weighted by molar-refractivity contribution is -0.130. The van der Waals surface area contributed by atoms with Crippen LogP contribution in [0.25, 0.3) is 11.1 Å². The highest BCUT2D eigenvalue weighted by atomic mass is 16.6. The van der Waals surface area contributed by atoms with E-state index in [2.05, 4.69) is 80.6 Å². The minimum Gasteiger partial charge on any atom is -0.399 e. The molecule has 1 amide bonds. The van der Waals surface area contributed by atoms with Crippen LogP contribution in [0.4, 0.5) is 0 Å². The van der Waals surface area contributed by atoms with Crippen LogP contribution in [0.5, 0.6) is 0 Å². The van der Waals surface area contributed by atoms with Gasteiger partial charge in [0.05, 0.1) is 18.3 Å². The second kappa shape index (κ2) is 14.9. The van der Waals surface area contributed by atoms with Crippen LogP contribution in [0.15, 0.2) is 64.3 Å². The number of likely N-dealkylation sites (tertiary alicyclic amines) is 1. The number of aromatic nitrogens is 2. The van der Waals surface area contributed by atoms with Crippen molar-refractivity contribution in [1.82, 2.24) is 24.8 Å². The maximum atomic E-state index is 11.4. The largest absolute Gasteiger partial charge is 0.399 e. The van der Waals surface area contributed by atoms with Crippen molar-refractivity contribution in [2.24, 2.45) is 5.16 Å². The summed E-state index contributed by atoms with van der Waals surface area (Å²) >= 11 is 0. The summed E-state index contributed by atoms with van der Waals surface area (Å²) < 4.78 is 5.42. The number of hydrogen-bond donors (Lipinski definition) is 0. The van der Waals surface area contributed by atoms with Crippen LogP contribution >= 0.6 is 0 Å². The number of aryl methyl sites for hydroxylation is 1. The molecule has 1 aromatic heterocycles. The summed E-state index contributed by atoms with van der Waals surface area (Å²) in [6.07, 6.45) is 0.751. The predicted octanol–water partition coefficient (Wildman–Crippen LogP) is 3.59. The fourth-order valence-electron chi connectivity index (χ4n) is 4.58. The van der Waals surface area contributed by atoms with E-state index in [-0.39, 0.29) is 11.9 Å². The molecule has 39 heavy (non-hydrogen) atoms. The molecule has 2 fully saturated rings. The van der Waals surface area contributed by atoms with Gasteiger partial charge in [-0.15, -0.1) is 0 Å². The quantitative estimate of drug-likeness (QED) is 0.458. The Balaban J connectivity index is 0.000000236. The number of carbonyl (C=O) groups excluding carboxylic acids is 2. The summed E-state index contributed by atoms with van der Waals surface area (Å²) in [5.41, 5.74) is 4.85. The highest BCUT2D eigenvalue weighted by Crippen LogP contribution is 2.27. The van der Waals surface area contributed by atoms with E-state index in [9.17, 15) is 4.79 Å². The van der Waals surface area contributed by atoms with Crippen molar-refractivity contribution in [3.63, 3.8) is 0 Å². The van der Waals surface area contributed by atoms with E-state index >= 15 is 0 Å². The number of hydrogen-bond acceptors (Lipinski definition) is 9. The molecule has 0 spiro atoms. The van der Waals surface area contributed by atoms with Gasteiger partial charge in [0.15, 0.2) is 5.82 Å². The first-order valence-electron chi connectivity index (χ1n) is 12.9. The molecule has 208 valence electrons. The Kier molecular flexibility index (Phi) is 11.3. The molecule has 10 heteroatoms. The lowest BCUT2D eigenvalue weighted by Crippen LogP contribution is -2.47. The highest BCUT2D eigenvalue weighted by molar-refractivity contribution is 5.88. The molecule has 2 aliphatic rings. The molecule has 0 radical (unpaired) electrons. The predicted molar refractivity (Wildman–Crippen MR) is 150 cm³/mol. The SMILES string of the molecule is C=O.CON=C1CC(c2noc(CN3CCN(C(C)=O)CC3)n2)N(C)C1.Cc1ccc(-c2ccccc2)cc1. The van der Waals surface area contributed by atoms with E-state index in [1.165, 1.54) is 16.7 Å². The van der Waals surface area contributed by atoms with Crippen molar-refractivity contribution in [2.75, 3.05) is 46.9 Å². The summed E-state index contributed by atoms with van der Waals surface area (Å²) in [7, 11) is 3.57. The molecule has 3 heterocycles. The van der Waals surface area contributed by atoms with Crippen molar-refractivity contribution in [3.8, 4) is 11.1 Å². The van der Waals surface area contributed by atoms with Crippen LogP contribution in [0.2, 0.25) is 0 Å². The highest BCUT2D eigenvalue weighted by Gasteiger charge is 2.32. The molecule has 0 bridgehead atoms. The van der Waals surface area contributed by atoms with Crippen LogP contribution in [-0.4, -0.2) is 90.1 Å². The number of benzene rings is 2. The first-order valence-corrected chi connectivity index (χ1v) is 12.9. The Bertz CT molecular complexity index is 1190. The number of oxime groups is 1. The van der Waals surface area contributed by atoms with Gasteiger partial charge in [0.25, 0.3) is 0 Å². The number of amides is 1. The normalized spacial score (nSPS) is 18.6. The molecular weight excluding hydrogens is 496 g/mol. The van der Waals surface area contributed by atoms with Crippen molar-refractivity contribution < 1.29 is 18.9 Å². The third kappa shape index (κ3) is 8.56. The average Bonchev–Trinajstić information content (AvgIpc) is 3.57. The smallest absolute Gasteiger partial charge is 0.240 e. The standard InChI is InChI=1S/C15H24N6O3.C13H12.CH2O/c1-11(22)21-6-4-20(5-7-21)10-14-16-15(18-24-14)13-8-12(17-23-3)9-19(13)2;1-11-7-9-13(10-8-11)12-5-3-2-4-6-12;1-2/h13H,4-10H2,1-3H3;2-10H,1H3;1H2. The molecule has 0 N–H and O–H groups in total. The lowest BCUT2D eigenvalue weighted by atomic mass is 10.0. The zero-order valence-electron chi connectivity index (χ0n) is 23.2. The third-order valence-electron chi connectivity index (χ3n) is 6.73. The van der Waals surface area contributed by atoms with Gasteiger partial charge >= 0.3 is 0 Å².